The van der Waals surface area contributed by atoms with Gasteiger partial charge < -0.3 is 26.9 Å². The minimum Gasteiger partial charge on any atom is -0.459 e. The number of ether oxygens (including phenoxy) is 1. The molecule has 0 aromatic rings. The molecule has 0 amide bonds. The summed E-state index contributed by atoms with van der Waals surface area (Å²) in [6.45, 7) is 7.53. The zero-order valence-corrected chi connectivity index (χ0v) is 19.0. The molecular formula is C15H35NO7Si2. The van der Waals surface area contributed by atoms with E-state index in [1.54, 1.807) is 42.5 Å². The Kier molecular flexibility index (Phi) is 11.2. The summed E-state index contributed by atoms with van der Waals surface area (Å²) in [4.78, 5) is 12.6. The van der Waals surface area contributed by atoms with Crippen LogP contribution in [0.2, 0.25) is 6.55 Å². The van der Waals surface area contributed by atoms with Crippen LogP contribution >= 0.6 is 0 Å². The van der Waals surface area contributed by atoms with E-state index in [9.17, 15) is 4.79 Å². The van der Waals surface area contributed by atoms with Gasteiger partial charge in [0.15, 0.2) is 0 Å². The lowest BCUT2D eigenvalue weighted by molar-refractivity contribution is -0.149. The number of carbonyl (C=O) groups is 1. The number of carbonyl (C=O) groups excluding carboxylic acids is 1. The lowest BCUT2D eigenvalue weighted by Crippen LogP contribution is -2.63. The lowest BCUT2D eigenvalue weighted by atomic mass is 10.3. The van der Waals surface area contributed by atoms with Crippen molar-refractivity contribution in [3.63, 3.8) is 0 Å². The third-order valence-electron chi connectivity index (χ3n) is 4.52. The second-order valence-electron chi connectivity index (χ2n) is 5.82. The fourth-order valence-corrected chi connectivity index (χ4v) is 6.74. The van der Waals surface area contributed by atoms with Gasteiger partial charge in [0.2, 0.25) is 0 Å². The van der Waals surface area contributed by atoms with Gasteiger partial charge in [0.1, 0.15) is 11.8 Å². The van der Waals surface area contributed by atoms with Crippen LogP contribution in [0.15, 0.2) is 0 Å². The molecular weight excluding hydrogens is 362 g/mol. The van der Waals surface area contributed by atoms with E-state index in [-0.39, 0.29) is 11.6 Å². The zero-order valence-electron chi connectivity index (χ0n) is 17.0. The van der Waals surface area contributed by atoms with E-state index in [0.717, 1.165) is 0 Å². The maximum Gasteiger partial charge on any atom is 0.518 e. The van der Waals surface area contributed by atoms with Crippen LogP contribution in [-0.2, 0) is 31.7 Å². The molecule has 1 N–H and O–H groups in total. The normalized spacial score (nSPS) is 16.4. The molecule has 3 unspecified atom stereocenters. The molecule has 0 spiro atoms. The molecule has 0 aliphatic rings. The van der Waals surface area contributed by atoms with Gasteiger partial charge in [-0.1, -0.05) is 13.8 Å². The standard InChI is InChI=1S/C15H35NO7Si2/c1-10-13(25(20-6,21-7)22-8)16-12(3)15(17)23-14(11-2)24(9,18-4)19-5/h12-14,16H,10-11H2,1-9H3. The van der Waals surface area contributed by atoms with Crippen molar-refractivity contribution in [1.29, 1.82) is 0 Å². The molecule has 0 fully saturated rings. The molecule has 0 rings (SSSR count). The van der Waals surface area contributed by atoms with Gasteiger partial charge in [-0.3, -0.25) is 10.1 Å². The van der Waals surface area contributed by atoms with Crippen LogP contribution in [0, 0.1) is 0 Å². The van der Waals surface area contributed by atoms with E-state index in [4.69, 9.17) is 26.9 Å². The largest absolute Gasteiger partial charge is 0.518 e. The van der Waals surface area contributed by atoms with Gasteiger partial charge in [-0.05, 0) is 26.3 Å². The third kappa shape index (κ3) is 6.10. The highest BCUT2D eigenvalue weighted by atomic mass is 28.4. The quantitative estimate of drug-likeness (QED) is 0.369. The second-order valence-corrected chi connectivity index (χ2v) is 12.4. The predicted molar refractivity (Wildman–Crippen MR) is 99.3 cm³/mol. The van der Waals surface area contributed by atoms with Crippen molar-refractivity contribution in [2.24, 2.45) is 0 Å². The van der Waals surface area contributed by atoms with Gasteiger partial charge in [-0.15, -0.1) is 0 Å². The van der Waals surface area contributed by atoms with Crippen molar-refractivity contribution in [3.05, 3.63) is 0 Å². The number of hydrogen-bond acceptors (Lipinski definition) is 8. The molecule has 3 atom stereocenters. The van der Waals surface area contributed by atoms with Gasteiger partial charge in [0, 0.05) is 35.5 Å². The highest BCUT2D eigenvalue weighted by Crippen LogP contribution is 2.19. The molecule has 0 saturated heterocycles. The first kappa shape index (κ1) is 24.7. The first-order valence-electron chi connectivity index (χ1n) is 8.46. The third-order valence-corrected chi connectivity index (χ3v) is 11.0. The van der Waals surface area contributed by atoms with Gasteiger partial charge >= 0.3 is 23.3 Å². The number of nitrogens with one attached hydrogen (secondary N) is 1. The summed E-state index contributed by atoms with van der Waals surface area (Å²) >= 11 is 0. The van der Waals surface area contributed by atoms with Gasteiger partial charge in [0.05, 0.1) is 5.67 Å². The predicted octanol–water partition coefficient (Wildman–Crippen LogP) is 1.39. The van der Waals surface area contributed by atoms with Crippen molar-refractivity contribution in [2.45, 2.75) is 57.6 Å². The smallest absolute Gasteiger partial charge is 0.459 e. The fraction of sp³-hybridized carbons (Fsp3) is 0.933. The van der Waals surface area contributed by atoms with E-state index < -0.39 is 29.1 Å². The van der Waals surface area contributed by atoms with E-state index in [1.807, 2.05) is 20.4 Å². The summed E-state index contributed by atoms with van der Waals surface area (Å²) in [5, 5.41) is 3.22. The first-order valence-corrected chi connectivity index (χ1v) is 12.7. The summed E-state index contributed by atoms with van der Waals surface area (Å²) in [7, 11) is 2.32. The van der Waals surface area contributed by atoms with Crippen molar-refractivity contribution in [3.8, 4) is 0 Å². The van der Waals surface area contributed by atoms with Crippen LogP contribution in [0.4, 0.5) is 0 Å². The topological polar surface area (TPSA) is 84.5 Å². The van der Waals surface area contributed by atoms with E-state index >= 15 is 0 Å². The summed E-state index contributed by atoms with van der Waals surface area (Å²) in [6.07, 6.45) is 1.30. The van der Waals surface area contributed by atoms with Crippen LogP contribution in [0.1, 0.15) is 33.6 Å². The van der Waals surface area contributed by atoms with Gasteiger partial charge in [0.25, 0.3) is 0 Å². The molecule has 0 aromatic heterocycles. The van der Waals surface area contributed by atoms with Crippen molar-refractivity contribution < 1.29 is 31.7 Å². The Labute approximate surface area is 154 Å². The zero-order chi connectivity index (χ0) is 19.7. The van der Waals surface area contributed by atoms with Crippen LogP contribution in [-0.4, -0.2) is 76.3 Å². The Hall–Kier alpha value is -0.336. The Bertz CT molecular complexity index is 384. The molecule has 0 bridgehead atoms. The Morgan fingerprint density at radius 3 is 1.72 bits per heavy atom. The van der Waals surface area contributed by atoms with Crippen molar-refractivity contribution >= 4 is 23.3 Å². The maximum atomic E-state index is 12.6. The van der Waals surface area contributed by atoms with E-state index in [0.29, 0.717) is 12.8 Å². The van der Waals surface area contributed by atoms with Crippen LogP contribution in [0.3, 0.4) is 0 Å². The average molecular weight is 398 g/mol. The number of hydrogen-bond donors (Lipinski definition) is 1. The maximum absolute atomic E-state index is 12.6. The number of esters is 1. The minimum atomic E-state index is -2.91. The lowest BCUT2D eigenvalue weighted by Gasteiger charge is -2.35. The minimum absolute atomic E-state index is 0.233. The van der Waals surface area contributed by atoms with Gasteiger partial charge in [-0.2, -0.15) is 0 Å². The Balaban J connectivity index is 5.09. The monoisotopic (exact) mass is 397 g/mol. The molecule has 0 aromatic carbocycles. The molecule has 0 heterocycles. The van der Waals surface area contributed by atoms with Crippen molar-refractivity contribution in [1.82, 2.24) is 5.32 Å². The highest BCUT2D eigenvalue weighted by Gasteiger charge is 2.48. The summed E-state index contributed by atoms with van der Waals surface area (Å²) < 4.78 is 33.2. The van der Waals surface area contributed by atoms with E-state index in [2.05, 4.69) is 5.32 Å². The number of rotatable bonds is 13. The highest BCUT2D eigenvalue weighted by molar-refractivity contribution is 6.67. The molecule has 10 heteroatoms. The molecule has 0 radical (unpaired) electrons. The summed E-state index contributed by atoms with van der Waals surface area (Å²) in [5.74, 6) is -0.371. The fourth-order valence-electron chi connectivity index (χ4n) is 2.67. The van der Waals surface area contributed by atoms with Crippen LogP contribution in [0.5, 0.6) is 0 Å². The summed E-state index contributed by atoms with van der Waals surface area (Å²) in [5.41, 5.74) is -0.628. The van der Waals surface area contributed by atoms with Gasteiger partial charge in [-0.25, -0.2) is 0 Å². The molecule has 25 heavy (non-hydrogen) atoms. The molecule has 8 nitrogen and oxygen atoms in total. The van der Waals surface area contributed by atoms with Crippen molar-refractivity contribution in [2.75, 3.05) is 35.5 Å². The molecule has 150 valence electrons. The molecule has 0 aliphatic heterocycles. The SMILES string of the molecule is CCC(OC(=O)C(C)NC(CC)[Si](OC)(OC)OC)[Si](C)(OC)OC. The van der Waals surface area contributed by atoms with Crippen LogP contribution < -0.4 is 5.32 Å². The Morgan fingerprint density at radius 1 is 0.920 bits per heavy atom. The van der Waals surface area contributed by atoms with Crippen LogP contribution in [0.25, 0.3) is 0 Å². The summed E-state index contributed by atoms with van der Waals surface area (Å²) in [6, 6.07) is -0.557. The Morgan fingerprint density at radius 2 is 1.40 bits per heavy atom. The average Bonchev–Trinajstić information content (AvgIpc) is 2.65. The first-order chi connectivity index (χ1) is 11.7. The van der Waals surface area contributed by atoms with E-state index in [1.165, 1.54) is 0 Å². The molecule has 0 saturated carbocycles. The second kappa shape index (κ2) is 11.4. The molecule has 0 aliphatic carbocycles.